The summed E-state index contributed by atoms with van der Waals surface area (Å²) in [7, 11) is 0. The first-order valence-corrected chi connectivity index (χ1v) is 9.54. The molecule has 1 fully saturated rings. The van der Waals surface area contributed by atoms with Gasteiger partial charge >= 0.3 is 0 Å². The smallest absolute Gasteiger partial charge is 0.225 e. The van der Waals surface area contributed by atoms with E-state index >= 15 is 0 Å². The molecule has 25 heavy (non-hydrogen) atoms. The van der Waals surface area contributed by atoms with Gasteiger partial charge in [-0.15, -0.1) is 0 Å². The van der Waals surface area contributed by atoms with E-state index in [1.807, 2.05) is 0 Å². The largest absolute Gasteiger partial charge is 0.351 e. The van der Waals surface area contributed by atoms with Gasteiger partial charge < -0.3 is 10.2 Å². The molecule has 0 amide bonds. The second-order valence-corrected chi connectivity index (χ2v) is 7.38. The van der Waals surface area contributed by atoms with Crippen LogP contribution in [0.25, 0.3) is 0 Å². The first kappa shape index (κ1) is 17.7. The van der Waals surface area contributed by atoms with Gasteiger partial charge in [-0.3, -0.25) is 0 Å². The van der Waals surface area contributed by atoms with Gasteiger partial charge in [0.1, 0.15) is 5.82 Å². The predicted molar refractivity (Wildman–Crippen MR) is 105 cm³/mol. The molecule has 0 aliphatic heterocycles. The summed E-state index contributed by atoms with van der Waals surface area (Å²) in [5.74, 6) is 1.78. The summed E-state index contributed by atoms with van der Waals surface area (Å²) >= 11 is 0. The molecule has 1 heterocycles. The zero-order valence-corrected chi connectivity index (χ0v) is 15.7. The summed E-state index contributed by atoms with van der Waals surface area (Å²) < 4.78 is 0. The van der Waals surface area contributed by atoms with Crippen molar-refractivity contribution in [2.45, 2.75) is 71.5 Å². The number of nitrogens with one attached hydrogen (secondary N) is 1. The normalized spacial score (nSPS) is 15.4. The van der Waals surface area contributed by atoms with E-state index < -0.39 is 0 Å². The van der Waals surface area contributed by atoms with E-state index in [2.05, 4.69) is 72.4 Å². The topological polar surface area (TPSA) is 41.1 Å². The predicted octanol–water partition coefficient (Wildman–Crippen LogP) is 4.94. The van der Waals surface area contributed by atoms with Crippen molar-refractivity contribution in [2.24, 2.45) is 0 Å². The van der Waals surface area contributed by atoms with Crippen LogP contribution in [0.3, 0.4) is 0 Å². The van der Waals surface area contributed by atoms with Crippen molar-refractivity contribution >= 4 is 11.8 Å². The molecule has 0 atom stereocenters. The molecule has 1 aliphatic carbocycles. The van der Waals surface area contributed by atoms with Crippen LogP contribution in [0, 0.1) is 6.92 Å². The first-order valence-electron chi connectivity index (χ1n) is 9.54. The third-order valence-electron chi connectivity index (χ3n) is 4.89. The van der Waals surface area contributed by atoms with Gasteiger partial charge in [-0.1, -0.05) is 49.6 Å². The van der Waals surface area contributed by atoms with Crippen molar-refractivity contribution < 1.29 is 0 Å². The molecule has 0 unspecified atom stereocenters. The molecule has 0 radical (unpaired) electrons. The average Bonchev–Trinajstić information content (AvgIpc) is 2.60. The molecule has 1 N–H and O–H groups in total. The molecule has 3 rings (SSSR count). The van der Waals surface area contributed by atoms with Crippen molar-refractivity contribution in [3.63, 3.8) is 0 Å². The second-order valence-electron chi connectivity index (χ2n) is 7.38. The third-order valence-corrected chi connectivity index (χ3v) is 4.89. The zero-order chi connectivity index (χ0) is 17.6. The maximum Gasteiger partial charge on any atom is 0.225 e. The summed E-state index contributed by atoms with van der Waals surface area (Å²) in [5, 5.41) is 3.57. The minimum Gasteiger partial charge on any atom is -0.351 e. The van der Waals surface area contributed by atoms with Crippen LogP contribution in [0.15, 0.2) is 36.4 Å². The number of benzene rings is 1. The van der Waals surface area contributed by atoms with E-state index in [-0.39, 0.29) is 0 Å². The third kappa shape index (κ3) is 4.94. The molecule has 1 saturated carbocycles. The highest BCUT2D eigenvalue weighted by molar-refractivity contribution is 5.46. The Morgan fingerprint density at radius 2 is 1.80 bits per heavy atom. The van der Waals surface area contributed by atoms with Crippen LogP contribution < -0.4 is 10.2 Å². The van der Waals surface area contributed by atoms with Gasteiger partial charge in [-0.05, 0) is 39.2 Å². The molecule has 4 heteroatoms. The van der Waals surface area contributed by atoms with Gasteiger partial charge in [0.2, 0.25) is 5.95 Å². The van der Waals surface area contributed by atoms with Gasteiger partial charge in [0.05, 0.1) is 0 Å². The Labute approximate surface area is 151 Å². The number of rotatable bonds is 6. The molecule has 2 aromatic rings. The van der Waals surface area contributed by atoms with Gasteiger partial charge in [0.15, 0.2) is 0 Å². The fraction of sp³-hybridized carbons (Fsp3) is 0.524. The standard InChI is InChI=1S/C21H30N4/c1-16(2)25(15-18-10-6-4-7-11-18)20-14-17(3)22-21(24-20)23-19-12-8-5-9-13-19/h4,6-7,10-11,14,16,19H,5,8-9,12-13,15H2,1-3H3,(H,22,23,24). The Hall–Kier alpha value is -2.10. The molecule has 1 aromatic heterocycles. The van der Waals surface area contributed by atoms with E-state index in [1.165, 1.54) is 37.7 Å². The highest BCUT2D eigenvalue weighted by Crippen LogP contribution is 2.23. The number of aromatic nitrogens is 2. The lowest BCUT2D eigenvalue weighted by atomic mass is 9.96. The van der Waals surface area contributed by atoms with Gasteiger partial charge in [-0.25, -0.2) is 4.98 Å². The Morgan fingerprint density at radius 1 is 1.08 bits per heavy atom. The number of nitrogens with zero attached hydrogens (tertiary/aromatic N) is 3. The molecule has 0 bridgehead atoms. The van der Waals surface area contributed by atoms with E-state index in [1.54, 1.807) is 0 Å². The maximum atomic E-state index is 4.85. The Balaban J connectivity index is 1.80. The van der Waals surface area contributed by atoms with Crippen LogP contribution in [-0.4, -0.2) is 22.1 Å². The van der Waals surface area contributed by atoms with Gasteiger partial charge in [-0.2, -0.15) is 4.98 Å². The van der Waals surface area contributed by atoms with Gasteiger partial charge in [0.25, 0.3) is 0 Å². The highest BCUT2D eigenvalue weighted by atomic mass is 15.2. The van der Waals surface area contributed by atoms with Crippen molar-refractivity contribution in [3.05, 3.63) is 47.7 Å². The Kier molecular flexibility index (Phi) is 5.90. The van der Waals surface area contributed by atoms with E-state index in [9.17, 15) is 0 Å². The highest BCUT2D eigenvalue weighted by Gasteiger charge is 2.17. The van der Waals surface area contributed by atoms with E-state index in [4.69, 9.17) is 4.98 Å². The summed E-state index contributed by atoms with van der Waals surface area (Å²) in [5.41, 5.74) is 2.32. The lowest BCUT2D eigenvalue weighted by molar-refractivity contribution is 0.460. The average molecular weight is 338 g/mol. The summed E-state index contributed by atoms with van der Waals surface area (Å²) in [4.78, 5) is 11.8. The summed E-state index contributed by atoms with van der Waals surface area (Å²) in [6.45, 7) is 7.35. The molecule has 1 aromatic carbocycles. The SMILES string of the molecule is Cc1cc(N(Cc2ccccc2)C(C)C)nc(NC2CCCCC2)n1. The molecular weight excluding hydrogens is 308 g/mol. The van der Waals surface area contributed by atoms with Crippen LogP contribution in [-0.2, 0) is 6.54 Å². The van der Waals surface area contributed by atoms with Gasteiger partial charge in [0, 0.05) is 30.4 Å². The number of hydrogen-bond acceptors (Lipinski definition) is 4. The van der Waals surface area contributed by atoms with Crippen LogP contribution in [0.5, 0.6) is 0 Å². The quantitative estimate of drug-likeness (QED) is 0.809. The summed E-state index contributed by atoms with van der Waals surface area (Å²) in [6.07, 6.45) is 6.43. The lowest BCUT2D eigenvalue weighted by Crippen LogP contribution is -2.31. The molecule has 134 valence electrons. The monoisotopic (exact) mass is 338 g/mol. The minimum atomic E-state index is 0.372. The van der Waals surface area contributed by atoms with Crippen molar-refractivity contribution in [3.8, 4) is 0 Å². The number of hydrogen-bond donors (Lipinski definition) is 1. The van der Waals surface area contributed by atoms with E-state index in [0.29, 0.717) is 12.1 Å². The zero-order valence-electron chi connectivity index (χ0n) is 15.7. The minimum absolute atomic E-state index is 0.372. The first-order chi connectivity index (χ1) is 12.1. The summed E-state index contributed by atoms with van der Waals surface area (Å²) in [6, 6.07) is 13.6. The van der Waals surface area contributed by atoms with Crippen molar-refractivity contribution in [1.29, 1.82) is 0 Å². The van der Waals surface area contributed by atoms with Crippen LogP contribution in [0.2, 0.25) is 0 Å². The van der Waals surface area contributed by atoms with E-state index in [0.717, 1.165) is 24.0 Å². The van der Waals surface area contributed by atoms with Crippen molar-refractivity contribution in [2.75, 3.05) is 10.2 Å². The van der Waals surface area contributed by atoms with Crippen molar-refractivity contribution in [1.82, 2.24) is 9.97 Å². The maximum absolute atomic E-state index is 4.85. The van der Waals surface area contributed by atoms with Crippen LogP contribution in [0.4, 0.5) is 11.8 Å². The molecule has 1 aliphatic rings. The molecule has 4 nitrogen and oxygen atoms in total. The fourth-order valence-corrected chi connectivity index (χ4v) is 3.50. The lowest BCUT2D eigenvalue weighted by Gasteiger charge is -2.29. The molecule has 0 saturated heterocycles. The number of aryl methyl sites for hydroxylation is 1. The Bertz CT molecular complexity index is 663. The molecular formula is C21H30N4. The molecule has 0 spiro atoms. The number of anilines is 2. The fourth-order valence-electron chi connectivity index (χ4n) is 3.50. The van der Waals surface area contributed by atoms with Crippen LogP contribution >= 0.6 is 0 Å². The Morgan fingerprint density at radius 3 is 2.48 bits per heavy atom. The van der Waals surface area contributed by atoms with Crippen LogP contribution in [0.1, 0.15) is 57.2 Å². The second kappa shape index (κ2) is 8.32.